The molecule has 1 unspecified atom stereocenters. The Bertz CT molecular complexity index is 697. The van der Waals surface area contributed by atoms with E-state index in [2.05, 4.69) is 27.0 Å². The molecule has 2 aromatic heterocycles. The van der Waals surface area contributed by atoms with Crippen LogP contribution >= 0.6 is 0 Å². The van der Waals surface area contributed by atoms with E-state index in [1.807, 2.05) is 13.1 Å². The van der Waals surface area contributed by atoms with E-state index >= 15 is 0 Å². The highest BCUT2D eigenvalue weighted by Crippen LogP contribution is 2.32. The molecule has 1 aliphatic heterocycles. The Kier molecular flexibility index (Phi) is 3.61. The zero-order valence-corrected chi connectivity index (χ0v) is 13.8. The van der Waals surface area contributed by atoms with Crippen LogP contribution in [0.5, 0.6) is 5.88 Å². The maximum absolute atomic E-state index is 10.7. The van der Waals surface area contributed by atoms with Crippen molar-refractivity contribution in [3.63, 3.8) is 0 Å². The highest BCUT2D eigenvalue weighted by atomic mass is 16.3. The van der Waals surface area contributed by atoms with Gasteiger partial charge in [0.05, 0.1) is 11.9 Å². The normalized spacial score (nSPS) is 23.1. The summed E-state index contributed by atoms with van der Waals surface area (Å²) < 4.78 is 3.36. The highest BCUT2D eigenvalue weighted by molar-refractivity contribution is 5.39. The van der Waals surface area contributed by atoms with Crippen molar-refractivity contribution < 1.29 is 5.11 Å². The molecule has 0 aromatic carbocycles. The molecular weight excluding hydrogens is 292 g/mol. The largest absolute Gasteiger partial charge is 0.493 e. The summed E-state index contributed by atoms with van der Waals surface area (Å²) in [7, 11) is 4.04. The summed E-state index contributed by atoms with van der Waals surface area (Å²) in [5, 5.41) is 19.5. The fourth-order valence-corrected chi connectivity index (χ4v) is 3.77. The van der Waals surface area contributed by atoms with Crippen molar-refractivity contribution >= 4 is 0 Å². The summed E-state index contributed by atoms with van der Waals surface area (Å²) in [5.41, 5.74) is 2.05. The van der Waals surface area contributed by atoms with Crippen molar-refractivity contribution in [3.05, 3.63) is 23.5 Å². The summed E-state index contributed by atoms with van der Waals surface area (Å²) in [4.78, 5) is 4.95. The van der Waals surface area contributed by atoms with Crippen LogP contribution in [-0.2, 0) is 19.9 Å². The minimum atomic E-state index is 0.280. The first kappa shape index (κ1) is 14.7. The van der Waals surface area contributed by atoms with E-state index < -0.39 is 0 Å². The topological polar surface area (TPSA) is 62.3 Å². The molecule has 1 saturated heterocycles. The molecule has 0 amide bonds. The predicted octanol–water partition coefficient (Wildman–Crippen LogP) is 0.416. The molecule has 23 heavy (non-hydrogen) atoms. The van der Waals surface area contributed by atoms with Crippen molar-refractivity contribution in [1.82, 2.24) is 29.4 Å². The summed E-state index contributed by atoms with van der Waals surface area (Å²) in [5.74, 6) is 1.08. The number of rotatable bonds is 2. The zero-order chi connectivity index (χ0) is 16.0. The molecule has 1 atom stereocenters. The lowest BCUT2D eigenvalue weighted by molar-refractivity contribution is 0.103. The second-order valence-corrected chi connectivity index (χ2v) is 6.71. The third kappa shape index (κ3) is 2.53. The lowest BCUT2D eigenvalue weighted by Gasteiger charge is -2.39. The van der Waals surface area contributed by atoms with Crippen molar-refractivity contribution in [2.75, 3.05) is 33.2 Å². The zero-order valence-electron chi connectivity index (χ0n) is 13.8. The van der Waals surface area contributed by atoms with Gasteiger partial charge in [-0.2, -0.15) is 14.9 Å². The number of hydrogen-bond acceptors (Lipinski definition) is 5. The molecule has 3 heterocycles. The highest BCUT2D eigenvalue weighted by Gasteiger charge is 2.31. The predicted molar refractivity (Wildman–Crippen MR) is 86.9 cm³/mol. The molecule has 0 bridgehead atoms. The van der Waals surface area contributed by atoms with Crippen LogP contribution in [-0.4, -0.2) is 73.7 Å². The second-order valence-electron chi connectivity index (χ2n) is 6.71. The molecule has 0 radical (unpaired) electrons. The van der Waals surface area contributed by atoms with Crippen molar-refractivity contribution in [2.24, 2.45) is 7.05 Å². The van der Waals surface area contributed by atoms with E-state index in [0.29, 0.717) is 6.04 Å². The maximum atomic E-state index is 10.7. The number of hydrogen-bond donors (Lipinski definition) is 1. The molecular formula is C16H24N6O. The Morgan fingerprint density at radius 2 is 1.96 bits per heavy atom. The van der Waals surface area contributed by atoms with Crippen LogP contribution in [0, 0.1) is 0 Å². The van der Waals surface area contributed by atoms with Gasteiger partial charge >= 0.3 is 0 Å². The van der Waals surface area contributed by atoms with E-state index in [1.165, 1.54) is 0 Å². The van der Waals surface area contributed by atoms with Crippen LogP contribution in [0.2, 0.25) is 0 Å². The van der Waals surface area contributed by atoms with Crippen LogP contribution in [0.25, 0.3) is 5.82 Å². The summed E-state index contributed by atoms with van der Waals surface area (Å²) in [6, 6.07) is 2.39. The minimum absolute atomic E-state index is 0.280. The minimum Gasteiger partial charge on any atom is -0.493 e. The molecule has 0 saturated carbocycles. The molecule has 1 fully saturated rings. The summed E-state index contributed by atoms with van der Waals surface area (Å²) >= 11 is 0. The lowest BCUT2D eigenvalue weighted by atomic mass is 9.91. The number of aromatic hydroxyl groups is 1. The maximum Gasteiger partial charge on any atom is 0.219 e. The first-order valence-corrected chi connectivity index (χ1v) is 8.34. The van der Waals surface area contributed by atoms with Gasteiger partial charge in [0.2, 0.25) is 5.88 Å². The SMILES string of the molecule is CN1CCN(C2CCc3nn(-c4ccnn4C)c(O)c3C2)CC1. The van der Waals surface area contributed by atoms with Crippen LogP contribution in [0.4, 0.5) is 0 Å². The van der Waals surface area contributed by atoms with Crippen LogP contribution in [0.3, 0.4) is 0 Å². The number of likely N-dealkylation sites (N-methyl/N-ethyl adjacent to an activating group) is 1. The quantitative estimate of drug-likeness (QED) is 0.870. The van der Waals surface area contributed by atoms with Gasteiger partial charge in [-0.25, -0.2) is 0 Å². The van der Waals surface area contributed by atoms with Gasteiger partial charge in [0.1, 0.15) is 0 Å². The third-order valence-electron chi connectivity index (χ3n) is 5.26. The Hall–Kier alpha value is -1.86. The molecule has 2 aromatic rings. The van der Waals surface area contributed by atoms with E-state index in [9.17, 15) is 5.11 Å². The average Bonchev–Trinajstić information content (AvgIpc) is 3.11. The number of aromatic nitrogens is 4. The van der Waals surface area contributed by atoms with Crippen molar-refractivity contribution in [2.45, 2.75) is 25.3 Å². The fraction of sp³-hybridized carbons (Fsp3) is 0.625. The molecule has 7 nitrogen and oxygen atoms in total. The molecule has 0 spiro atoms. The van der Waals surface area contributed by atoms with Gasteiger partial charge in [0, 0.05) is 50.9 Å². The molecule has 1 N–H and O–H groups in total. The number of nitrogens with zero attached hydrogens (tertiary/aromatic N) is 6. The van der Waals surface area contributed by atoms with Gasteiger partial charge in [-0.3, -0.25) is 9.58 Å². The second kappa shape index (κ2) is 5.65. The van der Waals surface area contributed by atoms with Crippen LogP contribution < -0.4 is 0 Å². The Morgan fingerprint density at radius 1 is 1.17 bits per heavy atom. The van der Waals surface area contributed by atoms with E-state index in [1.54, 1.807) is 15.6 Å². The first-order valence-electron chi connectivity index (χ1n) is 8.34. The summed E-state index contributed by atoms with van der Waals surface area (Å²) in [6.07, 6.45) is 4.68. The molecule has 4 rings (SSSR count). The van der Waals surface area contributed by atoms with E-state index in [4.69, 9.17) is 0 Å². The third-order valence-corrected chi connectivity index (χ3v) is 5.26. The van der Waals surface area contributed by atoms with Gasteiger partial charge in [-0.1, -0.05) is 0 Å². The van der Waals surface area contributed by atoms with Gasteiger partial charge in [-0.15, -0.1) is 0 Å². The molecule has 124 valence electrons. The van der Waals surface area contributed by atoms with Crippen LogP contribution in [0.1, 0.15) is 17.7 Å². The van der Waals surface area contributed by atoms with Gasteiger partial charge in [-0.05, 0) is 26.3 Å². The van der Waals surface area contributed by atoms with E-state index in [0.717, 1.165) is 62.5 Å². The lowest BCUT2D eigenvalue weighted by Crippen LogP contribution is -2.50. The summed E-state index contributed by atoms with van der Waals surface area (Å²) in [6.45, 7) is 4.49. The Morgan fingerprint density at radius 3 is 2.65 bits per heavy atom. The Labute approximate surface area is 136 Å². The number of aryl methyl sites for hydroxylation is 2. The van der Waals surface area contributed by atoms with Crippen molar-refractivity contribution in [3.8, 4) is 11.7 Å². The number of fused-ring (bicyclic) bond motifs is 1. The molecule has 2 aliphatic rings. The van der Waals surface area contributed by atoms with Gasteiger partial charge in [0.15, 0.2) is 5.82 Å². The fourth-order valence-electron chi connectivity index (χ4n) is 3.77. The van der Waals surface area contributed by atoms with Gasteiger partial charge in [0.25, 0.3) is 0 Å². The Balaban J connectivity index is 1.58. The number of piperazine rings is 1. The first-order chi connectivity index (χ1) is 11.1. The smallest absolute Gasteiger partial charge is 0.219 e. The molecule has 7 heteroatoms. The monoisotopic (exact) mass is 316 g/mol. The van der Waals surface area contributed by atoms with Crippen LogP contribution in [0.15, 0.2) is 12.3 Å². The molecule has 1 aliphatic carbocycles. The van der Waals surface area contributed by atoms with E-state index in [-0.39, 0.29) is 5.88 Å². The average molecular weight is 316 g/mol. The standard InChI is InChI=1S/C16H24N6O/c1-19-7-9-21(10-8-19)12-3-4-14-13(11-12)16(23)22(18-14)15-5-6-17-20(15)2/h5-6,12,23H,3-4,7-11H2,1-2H3. The van der Waals surface area contributed by atoms with Gasteiger partial charge < -0.3 is 10.0 Å². The van der Waals surface area contributed by atoms with Crippen molar-refractivity contribution in [1.29, 1.82) is 0 Å².